The largest absolute Gasteiger partial charge is 0.396 e. The molecule has 33 heavy (non-hydrogen) atoms. The summed E-state index contributed by atoms with van der Waals surface area (Å²) in [4.78, 5) is 18.5. The molecule has 1 unspecified atom stereocenters. The fourth-order valence-corrected chi connectivity index (χ4v) is 5.40. The van der Waals surface area contributed by atoms with Gasteiger partial charge in [0.05, 0.1) is 5.69 Å². The van der Waals surface area contributed by atoms with Gasteiger partial charge in [-0.2, -0.15) is 0 Å². The van der Waals surface area contributed by atoms with Gasteiger partial charge in [0.1, 0.15) is 5.76 Å². The van der Waals surface area contributed by atoms with Crippen LogP contribution in [0.4, 0.5) is 5.69 Å². The van der Waals surface area contributed by atoms with E-state index in [1.165, 1.54) is 0 Å². The Morgan fingerprint density at radius 3 is 2.52 bits per heavy atom. The van der Waals surface area contributed by atoms with Gasteiger partial charge in [-0.3, -0.25) is 9.69 Å². The van der Waals surface area contributed by atoms with Gasteiger partial charge in [-0.15, -0.1) is 0 Å². The van der Waals surface area contributed by atoms with Crippen LogP contribution in [-0.4, -0.2) is 65.3 Å². The van der Waals surface area contributed by atoms with Crippen LogP contribution in [0.3, 0.4) is 0 Å². The van der Waals surface area contributed by atoms with Crippen LogP contribution in [0.2, 0.25) is 0 Å². The molecule has 1 amide bonds. The lowest BCUT2D eigenvalue weighted by Crippen LogP contribution is -2.58. The summed E-state index contributed by atoms with van der Waals surface area (Å²) >= 11 is 0. The molecule has 7 heteroatoms. The highest BCUT2D eigenvalue weighted by molar-refractivity contribution is 6.09. The van der Waals surface area contributed by atoms with Gasteiger partial charge in [0.25, 0.3) is 5.91 Å². The van der Waals surface area contributed by atoms with Crippen LogP contribution < -0.4 is 5.32 Å². The average Bonchev–Trinajstić information content (AvgIpc) is 3.33. The van der Waals surface area contributed by atoms with Crippen molar-refractivity contribution < 1.29 is 14.4 Å². The maximum atomic E-state index is 13.8. The molecule has 0 aliphatic carbocycles. The number of hydrogen-bond donors (Lipinski definition) is 2. The van der Waals surface area contributed by atoms with Crippen LogP contribution in [0.1, 0.15) is 29.0 Å². The van der Waals surface area contributed by atoms with Crippen molar-refractivity contribution in [1.82, 2.24) is 15.0 Å². The predicted molar refractivity (Wildman–Crippen MR) is 127 cm³/mol. The van der Waals surface area contributed by atoms with E-state index in [-0.39, 0.29) is 12.5 Å². The Labute approximate surface area is 194 Å². The Balaban J connectivity index is 1.61. The number of amides is 1. The molecule has 2 aromatic carbocycles. The molecule has 172 valence electrons. The molecule has 3 heterocycles. The normalized spacial score (nSPS) is 21.2. The first-order valence-corrected chi connectivity index (χ1v) is 11.6. The maximum Gasteiger partial charge on any atom is 0.254 e. The molecule has 0 bridgehead atoms. The van der Waals surface area contributed by atoms with Crippen molar-refractivity contribution >= 4 is 11.6 Å². The first-order chi connectivity index (χ1) is 16.1. The molecule has 0 radical (unpaired) electrons. The second-order valence-electron chi connectivity index (χ2n) is 8.90. The lowest BCUT2D eigenvalue weighted by Gasteiger charge is -2.45. The topological polar surface area (TPSA) is 81.8 Å². The van der Waals surface area contributed by atoms with Crippen LogP contribution in [0.25, 0.3) is 11.1 Å². The van der Waals surface area contributed by atoms with Gasteiger partial charge in [-0.25, -0.2) is 0 Å². The highest BCUT2D eigenvalue weighted by Crippen LogP contribution is 2.47. The molecular weight excluding hydrogens is 416 g/mol. The van der Waals surface area contributed by atoms with Crippen molar-refractivity contribution in [2.24, 2.45) is 0 Å². The van der Waals surface area contributed by atoms with Gasteiger partial charge in [0.15, 0.2) is 5.54 Å². The number of aryl methyl sites for hydroxylation is 2. The number of aliphatic hydroxyl groups is 1. The summed E-state index contributed by atoms with van der Waals surface area (Å²) in [7, 11) is 0. The van der Waals surface area contributed by atoms with Crippen molar-refractivity contribution in [3.05, 3.63) is 71.1 Å². The summed E-state index contributed by atoms with van der Waals surface area (Å²) in [5.41, 5.74) is 4.72. The van der Waals surface area contributed by atoms with Gasteiger partial charge < -0.3 is 19.8 Å². The zero-order valence-corrected chi connectivity index (χ0v) is 19.2. The molecule has 7 nitrogen and oxygen atoms in total. The Hall–Kier alpha value is -3.00. The van der Waals surface area contributed by atoms with Crippen LogP contribution in [0, 0.1) is 13.8 Å². The van der Waals surface area contributed by atoms with E-state index >= 15 is 0 Å². The lowest BCUT2D eigenvalue weighted by molar-refractivity contribution is -0.126. The molecule has 0 saturated carbocycles. The first-order valence-electron chi connectivity index (χ1n) is 11.6. The third-order valence-electron chi connectivity index (χ3n) is 6.98. The van der Waals surface area contributed by atoms with Crippen molar-refractivity contribution in [3.63, 3.8) is 0 Å². The molecule has 2 N–H and O–H groups in total. The van der Waals surface area contributed by atoms with Crippen LogP contribution in [0.5, 0.6) is 0 Å². The Kier molecular flexibility index (Phi) is 5.78. The number of carbonyl (C=O) groups is 1. The Bertz CT molecular complexity index is 1130. The molecule has 1 atom stereocenters. The first kappa shape index (κ1) is 21.8. The van der Waals surface area contributed by atoms with Crippen LogP contribution >= 0.6 is 0 Å². The van der Waals surface area contributed by atoms with Gasteiger partial charge in [0, 0.05) is 56.1 Å². The van der Waals surface area contributed by atoms with Gasteiger partial charge in [0.2, 0.25) is 0 Å². The second kappa shape index (κ2) is 8.74. The smallest absolute Gasteiger partial charge is 0.254 e. The molecule has 3 aromatic rings. The van der Waals surface area contributed by atoms with Crippen molar-refractivity contribution in [3.8, 4) is 11.1 Å². The Morgan fingerprint density at radius 1 is 1.09 bits per heavy atom. The van der Waals surface area contributed by atoms with Gasteiger partial charge >= 0.3 is 0 Å². The number of piperazine rings is 1. The van der Waals surface area contributed by atoms with Crippen molar-refractivity contribution in [2.75, 3.05) is 44.6 Å². The van der Waals surface area contributed by atoms with Crippen LogP contribution in [0.15, 0.2) is 53.1 Å². The minimum Gasteiger partial charge on any atom is -0.396 e. The van der Waals surface area contributed by atoms with Crippen LogP contribution in [-0.2, 0) is 10.3 Å². The number of nitrogens with zero attached hydrogens (tertiary/aromatic N) is 3. The molecule has 0 spiro atoms. The fraction of sp³-hybridized carbons (Fsp3) is 0.385. The monoisotopic (exact) mass is 446 g/mol. The van der Waals surface area contributed by atoms with Crippen molar-refractivity contribution in [2.45, 2.75) is 25.8 Å². The number of fused-ring (bicyclic) bond motifs is 1. The van der Waals surface area contributed by atoms with E-state index in [2.05, 4.69) is 38.5 Å². The molecule has 2 aliphatic rings. The van der Waals surface area contributed by atoms with E-state index in [9.17, 15) is 9.90 Å². The number of benzene rings is 2. The number of nitrogens with one attached hydrogen (secondary N) is 1. The van der Waals surface area contributed by atoms with E-state index in [1.807, 2.05) is 44.2 Å². The highest BCUT2D eigenvalue weighted by Gasteiger charge is 2.53. The van der Waals surface area contributed by atoms with Gasteiger partial charge in [-0.1, -0.05) is 41.6 Å². The molecule has 1 saturated heterocycles. The zero-order valence-electron chi connectivity index (χ0n) is 19.2. The predicted octanol–water partition coefficient (Wildman–Crippen LogP) is 3.15. The summed E-state index contributed by atoms with van der Waals surface area (Å²) in [5.74, 6) is 0.760. The molecule has 5 rings (SSSR count). The quantitative estimate of drug-likeness (QED) is 0.605. The van der Waals surface area contributed by atoms with Gasteiger partial charge in [-0.05, 0) is 43.5 Å². The van der Waals surface area contributed by atoms with E-state index < -0.39 is 5.54 Å². The second-order valence-corrected chi connectivity index (χ2v) is 8.90. The number of carbonyl (C=O) groups excluding carboxylic acids is 1. The minimum absolute atomic E-state index is 0.0107. The molecule has 1 aromatic heterocycles. The number of rotatable bonds is 6. The third-order valence-corrected chi connectivity index (χ3v) is 6.98. The van der Waals surface area contributed by atoms with E-state index in [1.54, 1.807) is 0 Å². The number of hydrogen-bond acceptors (Lipinski definition) is 6. The summed E-state index contributed by atoms with van der Waals surface area (Å²) < 4.78 is 5.42. The summed E-state index contributed by atoms with van der Waals surface area (Å²) in [5, 5.41) is 16.5. The summed E-state index contributed by atoms with van der Waals surface area (Å²) in [6.45, 7) is 8.20. The molecule has 2 aliphatic heterocycles. The third kappa shape index (κ3) is 3.57. The number of aliphatic hydroxyl groups excluding tert-OH is 1. The highest BCUT2D eigenvalue weighted by atomic mass is 16.5. The van der Waals surface area contributed by atoms with E-state index in [0.717, 1.165) is 78.5 Å². The Morgan fingerprint density at radius 2 is 1.85 bits per heavy atom. The molecule has 1 fully saturated rings. The van der Waals surface area contributed by atoms with E-state index in [4.69, 9.17) is 4.52 Å². The fourth-order valence-electron chi connectivity index (χ4n) is 5.40. The molecular formula is C26H30N4O3. The standard InChI is InChI=1S/C26H30N4O3/c1-18-24(19(2)33-28-18)20-9-10-23-22(17-20)26(25(32)27-23,21-7-4-3-5-8-21)30-14-12-29(13-15-30)11-6-16-31/h3-5,7-10,17,31H,6,11-16H2,1-2H3,(H,27,32). The maximum absolute atomic E-state index is 13.8. The average molecular weight is 447 g/mol. The summed E-state index contributed by atoms with van der Waals surface area (Å²) in [6.07, 6.45) is 0.772. The lowest BCUT2D eigenvalue weighted by atomic mass is 9.80. The zero-order chi connectivity index (χ0) is 23.0. The summed E-state index contributed by atoms with van der Waals surface area (Å²) in [6, 6.07) is 16.2. The van der Waals surface area contributed by atoms with Crippen molar-refractivity contribution in [1.29, 1.82) is 0 Å². The van der Waals surface area contributed by atoms with E-state index in [0.29, 0.717) is 0 Å². The number of aromatic nitrogens is 1. The SMILES string of the molecule is Cc1noc(C)c1-c1ccc2c(c1)C(c1ccccc1)(N1CCN(CCCO)CC1)C(=O)N2. The number of anilines is 1. The minimum atomic E-state index is -0.894.